The molecular weight excluding hydrogens is 462 g/mol. The molecule has 1 unspecified atom stereocenters. The fourth-order valence-corrected chi connectivity index (χ4v) is 3.98. The van der Waals surface area contributed by atoms with E-state index in [9.17, 15) is 14.4 Å². The van der Waals surface area contributed by atoms with E-state index in [1.165, 1.54) is 24.3 Å². The summed E-state index contributed by atoms with van der Waals surface area (Å²) in [7, 11) is 0. The highest BCUT2D eigenvalue weighted by Crippen LogP contribution is 2.31. The lowest BCUT2D eigenvalue weighted by molar-refractivity contribution is -0.115. The highest BCUT2D eigenvalue weighted by atomic mass is 16.6. The van der Waals surface area contributed by atoms with Crippen LogP contribution in [0.4, 0.5) is 5.69 Å². The molecule has 9 nitrogen and oxygen atoms in total. The Bertz CT molecular complexity index is 1340. The molecule has 2 aromatic carbocycles. The average molecular weight is 488 g/mol. The van der Waals surface area contributed by atoms with Gasteiger partial charge in [0.2, 0.25) is 11.7 Å². The van der Waals surface area contributed by atoms with Crippen LogP contribution in [-0.4, -0.2) is 41.5 Å². The van der Waals surface area contributed by atoms with Crippen molar-refractivity contribution in [2.24, 2.45) is 0 Å². The molecule has 36 heavy (non-hydrogen) atoms. The van der Waals surface area contributed by atoms with Gasteiger partial charge in [-0.05, 0) is 56.3 Å². The van der Waals surface area contributed by atoms with Crippen molar-refractivity contribution in [1.29, 1.82) is 5.26 Å². The van der Waals surface area contributed by atoms with Crippen molar-refractivity contribution in [1.82, 2.24) is 4.57 Å². The number of aryl methyl sites for hydroxylation is 1. The molecule has 184 valence electrons. The predicted molar refractivity (Wildman–Crippen MR) is 130 cm³/mol. The second-order valence-electron chi connectivity index (χ2n) is 8.35. The smallest absolute Gasteiger partial charge is 0.338 e. The molecule has 0 saturated carbocycles. The van der Waals surface area contributed by atoms with Crippen LogP contribution in [0.5, 0.6) is 11.5 Å². The number of anilines is 1. The third-order valence-corrected chi connectivity index (χ3v) is 5.81. The first-order chi connectivity index (χ1) is 17.4. The molecule has 2 heterocycles. The highest BCUT2D eigenvalue weighted by molar-refractivity contribution is 6.00. The predicted octanol–water partition coefficient (Wildman–Crippen LogP) is 3.84. The van der Waals surface area contributed by atoms with Crippen LogP contribution in [0.25, 0.3) is 0 Å². The number of fused-ring (bicyclic) bond motifs is 1. The van der Waals surface area contributed by atoms with E-state index in [2.05, 4.69) is 5.32 Å². The normalized spacial score (nSPS) is 14.0. The number of hydrogen-bond acceptors (Lipinski definition) is 7. The summed E-state index contributed by atoms with van der Waals surface area (Å²) in [6, 6.07) is 17.0. The third-order valence-electron chi connectivity index (χ3n) is 5.81. The van der Waals surface area contributed by atoms with Gasteiger partial charge in [0.1, 0.15) is 13.0 Å². The molecule has 1 N–H and O–H groups in total. The summed E-state index contributed by atoms with van der Waals surface area (Å²) in [5.41, 5.74) is 2.81. The van der Waals surface area contributed by atoms with Gasteiger partial charge in [-0.15, -0.1) is 0 Å². The number of nitriles is 1. The minimum Gasteiger partial charge on any atom is -0.486 e. The number of rotatable bonds is 8. The van der Waals surface area contributed by atoms with Gasteiger partial charge in [-0.25, -0.2) is 4.79 Å². The van der Waals surface area contributed by atoms with E-state index in [-0.39, 0.29) is 23.9 Å². The topological polar surface area (TPSA) is 120 Å². The van der Waals surface area contributed by atoms with Crippen molar-refractivity contribution in [3.8, 4) is 17.6 Å². The molecular formula is C27H25N3O6. The number of carbonyl (C=O) groups is 3. The molecule has 0 bridgehead atoms. The Morgan fingerprint density at radius 1 is 1.11 bits per heavy atom. The first-order valence-electron chi connectivity index (χ1n) is 11.4. The van der Waals surface area contributed by atoms with Gasteiger partial charge in [0, 0.05) is 22.6 Å². The second-order valence-corrected chi connectivity index (χ2v) is 8.35. The maximum atomic E-state index is 12.8. The Balaban J connectivity index is 1.35. The van der Waals surface area contributed by atoms with E-state index in [0.717, 1.165) is 11.4 Å². The van der Waals surface area contributed by atoms with Crippen LogP contribution in [0.2, 0.25) is 0 Å². The molecule has 0 radical (unpaired) electrons. The molecule has 9 heteroatoms. The lowest BCUT2D eigenvalue weighted by atomic mass is 10.1. The van der Waals surface area contributed by atoms with Gasteiger partial charge >= 0.3 is 5.97 Å². The van der Waals surface area contributed by atoms with Crippen LogP contribution < -0.4 is 14.8 Å². The van der Waals surface area contributed by atoms with Crippen LogP contribution >= 0.6 is 0 Å². The lowest BCUT2D eigenvalue weighted by Crippen LogP contribution is -2.33. The van der Waals surface area contributed by atoms with E-state index in [1.807, 2.05) is 42.7 Å². The average Bonchev–Trinajstić information content (AvgIpc) is 3.16. The summed E-state index contributed by atoms with van der Waals surface area (Å²) in [6.45, 7) is 4.26. The van der Waals surface area contributed by atoms with Crippen LogP contribution in [0.3, 0.4) is 0 Å². The zero-order valence-corrected chi connectivity index (χ0v) is 19.9. The maximum absolute atomic E-state index is 12.8. The van der Waals surface area contributed by atoms with Crippen molar-refractivity contribution < 1.29 is 28.6 Å². The van der Waals surface area contributed by atoms with E-state index in [1.54, 1.807) is 12.1 Å². The minimum absolute atomic E-state index is 0.210. The van der Waals surface area contributed by atoms with Crippen molar-refractivity contribution in [3.05, 3.63) is 77.1 Å². The number of hydrogen-bond donors (Lipinski definition) is 1. The zero-order valence-electron chi connectivity index (χ0n) is 19.9. The van der Waals surface area contributed by atoms with E-state index in [0.29, 0.717) is 35.9 Å². The lowest BCUT2D eigenvalue weighted by Gasteiger charge is -2.27. The number of esters is 1. The van der Waals surface area contributed by atoms with Crippen LogP contribution in [-0.2, 0) is 16.1 Å². The summed E-state index contributed by atoms with van der Waals surface area (Å²) in [6.07, 6.45) is -0.472. The summed E-state index contributed by atoms with van der Waals surface area (Å²) in [4.78, 5) is 36.7. The van der Waals surface area contributed by atoms with Crippen LogP contribution in [0.15, 0.2) is 54.6 Å². The Labute approximate surface area is 208 Å². The van der Waals surface area contributed by atoms with Gasteiger partial charge in [0.15, 0.2) is 24.2 Å². The number of benzene rings is 2. The van der Waals surface area contributed by atoms with Crippen molar-refractivity contribution >= 4 is 23.3 Å². The van der Waals surface area contributed by atoms with Gasteiger partial charge in [-0.3, -0.25) is 9.59 Å². The molecule has 1 aromatic heterocycles. The van der Waals surface area contributed by atoms with E-state index >= 15 is 0 Å². The summed E-state index contributed by atoms with van der Waals surface area (Å²) in [5, 5.41) is 11.1. The maximum Gasteiger partial charge on any atom is 0.338 e. The van der Waals surface area contributed by atoms with Gasteiger partial charge in [-0.2, -0.15) is 5.26 Å². The van der Waals surface area contributed by atoms with Gasteiger partial charge in [0.25, 0.3) is 0 Å². The number of carbonyl (C=O) groups excluding carboxylic acids is 3. The number of ether oxygens (including phenoxy) is 3. The van der Waals surface area contributed by atoms with Gasteiger partial charge in [0.05, 0.1) is 18.2 Å². The Morgan fingerprint density at radius 3 is 2.56 bits per heavy atom. The Morgan fingerprint density at radius 2 is 1.83 bits per heavy atom. The largest absolute Gasteiger partial charge is 0.486 e. The fraction of sp³-hybridized carbons (Fsp3) is 0.259. The van der Waals surface area contributed by atoms with Crippen LogP contribution in [0, 0.1) is 25.2 Å². The molecule has 0 saturated heterocycles. The molecule has 1 aliphatic heterocycles. The van der Waals surface area contributed by atoms with Crippen molar-refractivity contribution in [3.63, 3.8) is 0 Å². The first kappa shape index (κ1) is 24.5. The number of amides is 1. The SMILES string of the molecule is Cc1cc(C(=O)COC(=O)c2ccc(NC(=O)CC#N)cc2)c(C)n1CC1COc2ccccc2O1. The number of nitrogens with one attached hydrogen (secondary N) is 1. The molecule has 0 fully saturated rings. The third kappa shape index (κ3) is 5.55. The van der Waals surface area contributed by atoms with E-state index < -0.39 is 18.5 Å². The number of aromatic nitrogens is 1. The number of para-hydroxylation sites is 2. The van der Waals surface area contributed by atoms with E-state index in [4.69, 9.17) is 19.5 Å². The molecule has 1 amide bonds. The fourth-order valence-electron chi connectivity index (χ4n) is 3.98. The van der Waals surface area contributed by atoms with Gasteiger partial charge in [-0.1, -0.05) is 12.1 Å². The van der Waals surface area contributed by atoms with Crippen molar-refractivity contribution in [2.75, 3.05) is 18.5 Å². The zero-order chi connectivity index (χ0) is 25.7. The Kier molecular flexibility index (Phi) is 7.35. The number of Topliss-reactive ketones (excluding diaryl/α,β-unsaturated/α-hetero) is 1. The summed E-state index contributed by atoms with van der Waals surface area (Å²) in [5.74, 6) is -0.00100. The molecule has 0 aliphatic carbocycles. The standard InChI is InChI=1S/C27H25N3O6/c1-17-13-22(18(2)30(17)14-21-15-34-24-5-3-4-6-25(24)36-21)23(31)16-35-27(33)19-7-9-20(10-8-19)29-26(32)11-12-28/h3-10,13,21H,11,14-16H2,1-2H3,(H,29,32). The number of nitrogens with zero attached hydrogens (tertiary/aromatic N) is 2. The molecule has 1 aliphatic rings. The molecule has 4 rings (SSSR count). The quantitative estimate of drug-likeness (QED) is 0.379. The monoisotopic (exact) mass is 487 g/mol. The Hall–Kier alpha value is -4.58. The van der Waals surface area contributed by atoms with Crippen LogP contribution in [0.1, 0.15) is 38.5 Å². The summed E-state index contributed by atoms with van der Waals surface area (Å²) < 4.78 is 19.1. The summed E-state index contributed by atoms with van der Waals surface area (Å²) >= 11 is 0. The molecule has 0 spiro atoms. The number of ketones is 1. The van der Waals surface area contributed by atoms with Gasteiger partial charge < -0.3 is 24.1 Å². The minimum atomic E-state index is -0.654. The second kappa shape index (κ2) is 10.8. The molecule has 3 aromatic rings. The first-order valence-corrected chi connectivity index (χ1v) is 11.4. The highest BCUT2D eigenvalue weighted by Gasteiger charge is 2.24. The van der Waals surface area contributed by atoms with Crippen molar-refractivity contribution in [2.45, 2.75) is 32.9 Å². The molecule has 1 atom stereocenters.